The third-order valence-corrected chi connectivity index (χ3v) is 5.11. The Labute approximate surface area is 156 Å². The standard InChI is InChI=1S/C19H19N5OS/c1-13-4-6-15(7-5-13)21-17(25)12-26-19-23-22-18(24(19)16-8-9-16)14-3-2-10-20-11-14/h2-7,10-11,16H,8-9,12H2,1H3,(H,21,25). The minimum absolute atomic E-state index is 0.0490. The van der Waals surface area contributed by atoms with E-state index in [1.54, 1.807) is 12.4 Å². The van der Waals surface area contributed by atoms with Crippen molar-refractivity contribution < 1.29 is 4.79 Å². The molecule has 7 heteroatoms. The molecule has 1 fully saturated rings. The van der Waals surface area contributed by atoms with Gasteiger partial charge in [-0.2, -0.15) is 0 Å². The van der Waals surface area contributed by atoms with Crippen LogP contribution in [-0.2, 0) is 4.79 Å². The van der Waals surface area contributed by atoms with Crippen molar-refractivity contribution in [2.24, 2.45) is 0 Å². The molecule has 0 saturated heterocycles. The molecule has 0 unspecified atom stereocenters. The molecule has 0 radical (unpaired) electrons. The van der Waals surface area contributed by atoms with Gasteiger partial charge in [-0.1, -0.05) is 29.5 Å². The van der Waals surface area contributed by atoms with Gasteiger partial charge in [0.2, 0.25) is 5.91 Å². The van der Waals surface area contributed by atoms with Gasteiger partial charge >= 0.3 is 0 Å². The second-order valence-corrected chi connectivity index (χ2v) is 7.29. The molecule has 1 amide bonds. The van der Waals surface area contributed by atoms with E-state index in [4.69, 9.17) is 0 Å². The number of hydrogen-bond donors (Lipinski definition) is 1. The monoisotopic (exact) mass is 365 g/mol. The minimum Gasteiger partial charge on any atom is -0.325 e. The molecular weight excluding hydrogens is 346 g/mol. The number of carbonyl (C=O) groups is 1. The van der Waals surface area contributed by atoms with Gasteiger partial charge < -0.3 is 5.32 Å². The van der Waals surface area contributed by atoms with Crippen molar-refractivity contribution in [2.75, 3.05) is 11.1 Å². The summed E-state index contributed by atoms with van der Waals surface area (Å²) in [5.41, 5.74) is 2.92. The summed E-state index contributed by atoms with van der Waals surface area (Å²) >= 11 is 1.42. The summed E-state index contributed by atoms with van der Waals surface area (Å²) in [6.45, 7) is 2.02. The highest BCUT2D eigenvalue weighted by atomic mass is 32.2. The van der Waals surface area contributed by atoms with E-state index < -0.39 is 0 Å². The number of nitrogens with zero attached hydrogens (tertiary/aromatic N) is 4. The van der Waals surface area contributed by atoms with Gasteiger partial charge in [0.05, 0.1) is 5.75 Å². The first-order chi connectivity index (χ1) is 12.7. The van der Waals surface area contributed by atoms with Crippen molar-refractivity contribution >= 4 is 23.4 Å². The van der Waals surface area contributed by atoms with E-state index in [1.165, 1.54) is 11.8 Å². The van der Waals surface area contributed by atoms with Crippen LogP contribution in [0.15, 0.2) is 53.9 Å². The summed E-state index contributed by atoms with van der Waals surface area (Å²) in [6.07, 6.45) is 5.77. The number of thioether (sulfide) groups is 1. The number of amides is 1. The third-order valence-electron chi connectivity index (χ3n) is 4.16. The first-order valence-electron chi connectivity index (χ1n) is 8.55. The lowest BCUT2D eigenvalue weighted by Crippen LogP contribution is -2.14. The van der Waals surface area contributed by atoms with Crippen molar-refractivity contribution in [3.63, 3.8) is 0 Å². The van der Waals surface area contributed by atoms with E-state index >= 15 is 0 Å². The molecule has 26 heavy (non-hydrogen) atoms. The van der Waals surface area contributed by atoms with Crippen LogP contribution in [0.25, 0.3) is 11.4 Å². The zero-order valence-electron chi connectivity index (χ0n) is 14.4. The minimum atomic E-state index is -0.0490. The van der Waals surface area contributed by atoms with E-state index in [-0.39, 0.29) is 5.91 Å². The number of anilines is 1. The van der Waals surface area contributed by atoms with Crippen molar-refractivity contribution in [2.45, 2.75) is 31.0 Å². The van der Waals surface area contributed by atoms with Crippen LogP contribution >= 0.6 is 11.8 Å². The van der Waals surface area contributed by atoms with Gasteiger partial charge in [0.1, 0.15) is 0 Å². The van der Waals surface area contributed by atoms with Crippen molar-refractivity contribution in [3.8, 4) is 11.4 Å². The van der Waals surface area contributed by atoms with Gasteiger partial charge in [0.15, 0.2) is 11.0 Å². The highest BCUT2D eigenvalue weighted by Gasteiger charge is 2.30. The lowest BCUT2D eigenvalue weighted by atomic mass is 10.2. The summed E-state index contributed by atoms with van der Waals surface area (Å²) < 4.78 is 2.14. The van der Waals surface area contributed by atoms with Crippen LogP contribution in [0.1, 0.15) is 24.4 Å². The Morgan fingerprint density at radius 2 is 2.04 bits per heavy atom. The molecule has 1 aliphatic carbocycles. The average molecular weight is 365 g/mol. The zero-order valence-corrected chi connectivity index (χ0v) is 15.2. The van der Waals surface area contributed by atoms with Crippen molar-refractivity contribution in [3.05, 3.63) is 54.4 Å². The quantitative estimate of drug-likeness (QED) is 0.674. The number of rotatable bonds is 6. The number of nitrogens with one attached hydrogen (secondary N) is 1. The maximum atomic E-state index is 12.2. The molecule has 0 spiro atoms. The molecule has 1 N–H and O–H groups in total. The molecule has 2 aromatic heterocycles. The Hall–Kier alpha value is -2.67. The van der Waals surface area contributed by atoms with Crippen molar-refractivity contribution in [1.29, 1.82) is 0 Å². The fourth-order valence-electron chi connectivity index (χ4n) is 2.69. The van der Waals surface area contributed by atoms with Gasteiger partial charge in [-0.25, -0.2) is 0 Å². The van der Waals surface area contributed by atoms with Gasteiger partial charge in [-0.15, -0.1) is 10.2 Å². The second kappa shape index (κ2) is 7.29. The predicted octanol–water partition coefficient (Wildman–Crippen LogP) is 3.71. The largest absolute Gasteiger partial charge is 0.325 e. The van der Waals surface area contributed by atoms with Crippen molar-refractivity contribution in [1.82, 2.24) is 19.7 Å². The first kappa shape index (κ1) is 16.8. The van der Waals surface area contributed by atoms with Crippen LogP contribution in [0.4, 0.5) is 5.69 Å². The van der Waals surface area contributed by atoms with Gasteiger partial charge in [-0.05, 0) is 44.0 Å². The second-order valence-electron chi connectivity index (χ2n) is 6.35. The Morgan fingerprint density at radius 3 is 2.73 bits per heavy atom. The molecular formula is C19H19N5OS. The third kappa shape index (κ3) is 3.77. The Bertz CT molecular complexity index is 903. The van der Waals surface area contributed by atoms with Crippen LogP contribution in [0.2, 0.25) is 0 Å². The molecule has 0 bridgehead atoms. The summed E-state index contributed by atoms with van der Waals surface area (Å²) in [4.78, 5) is 16.4. The molecule has 4 rings (SSSR count). The van der Waals surface area contributed by atoms with E-state index in [0.717, 1.165) is 40.6 Å². The number of benzene rings is 1. The lowest BCUT2D eigenvalue weighted by Gasteiger charge is -2.09. The van der Waals surface area contributed by atoms with E-state index in [9.17, 15) is 4.79 Å². The van der Waals surface area contributed by atoms with Gasteiger partial charge in [0, 0.05) is 29.7 Å². The number of pyridine rings is 1. The number of carbonyl (C=O) groups excluding carboxylic acids is 1. The normalized spacial score (nSPS) is 13.6. The smallest absolute Gasteiger partial charge is 0.234 e. The van der Waals surface area contributed by atoms with Gasteiger partial charge in [0.25, 0.3) is 0 Å². The molecule has 6 nitrogen and oxygen atoms in total. The van der Waals surface area contributed by atoms with Crippen LogP contribution in [0.5, 0.6) is 0 Å². The van der Waals surface area contributed by atoms with Crippen LogP contribution in [-0.4, -0.2) is 31.4 Å². The predicted molar refractivity (Wildman–Crippen MR) is 102 cm³/mol. The maximum absolute atomic E-state index is 12.2. The highest BCUT2D eigenvalue weighted by Crippen LogP contribution is 2.40. The Morgan fingerprint density at radius 1 is 1.23 bits per heavy atom. The van der Waals surface area contributed by atoms with Gasteiger partial charge in [-0.3, -0.25) is 14.3 Å². The Kier molecular flexibility index (Phi) is 4.71. The van der Waals surface area contributed by atoms with E-state index in [1.807, 2.05) is 43.3 Å². The lowest BCUT2D eigenvalue weighted by molar-refractivity contribution is -0.113. The van der Waals surface area contributed by atoms with Crippen LogP contribution in [0, 0.1) is 6.92 Å². The molecule has 1 aliphatic rings. The maximum Gasteiger partial charge on any atom is 0.234 e. The summed E-state index contributed by atoms with van der Waals surface area (Å²) in [5.74, 6) is 1.07. The summed E-state index contributed by atoms with van der Waals surface area (Å²) in [6, 6.07) is 12.1. The summed E-state index contributed by atoms with van der Waals surface area (Å²) in [5, 5.41) is 12.3. The number of aryl methyl sites for hydroxylation is 1. The number of hydrogen-bond acceptors (Lipinski definition) is 5. The zero-order chi connectivity index (χ0) is 17.9. The molecule has 0 atom stereocenters. The average Bonchev–Trinajstić information content (AvgIpc) is 3.41. The SMILES string of the molecule is Cc1ccc(NC(=O)CSc2nnc(-c3cccnc3)n2C2CC2)cc1. The van der Waals surface area contributed by atoms with E-state index in [2.05, 4.69) is 25.1 Å². The molecule has 132 valence electrons. The highest BCUT2D eigenvalue weighted by molar-refractivity contribution is 7.99. The fourth-order valence-corrected chi connectivity index (χ4v) is 3.50. The molecule has 1 aromatic carbocycles. The molecule has 2 heterocycles. The molecule has 1 saturated carbocycles. The van der Waals surface area contributed by atoms with Crippen LogP contribution in [0.3, 0.4) is 0 Å². The molecule has 0 aliphatic heterocycles. The first-order valence-corrected chi connectivity index (χ1v) is 9.54. The molecule has 3 aromatic rings. The van der Waals surface area contributed by atoms with E-state index in [0.29, 0.717) is 11.8 Å². The fraction of sp³-hybridized carbons (Fsp3) is 0.263. The Balaban J connectivity index is 1.46. The number of aromatic nitrogens is 4. The topological polar surface area (TPSA) is 72.7 Å². The summed E-state index contributed by atoms with van der Waals surface area (Å²) in [7, 11) is 0. The van der Waals surface area contributed by atoms with Crippen LogP contribution < -0.4 is 5.32 Å².